The first-order valence-corrected chi connectivity index (χ1v) is 15.4. The molecule has 1 N–H and O–H groups in total. The standard InChI is InChI=1S/C29H31FN3O2PS/c1-21(2)29-27(20-36(24-11-7-5-8-12-24)25-13-9-6-10-14-25)26(22-15-17-23(30)18-16-22)19-28(31-29)33(3)32-37(4,34)35/h5-19,21,32H,20H2,1-4H3. The van der Waals surface area contributed by atoms with Crippen molar-refractivity contribution in [3.8, 4) is 11.1 Å². The molecule has 3 aromatic carbocycles. The van der Waals surface area contributed by atoms with E-state index in [1.165, 1.54) is 27.8 Å². The van der Waals surface area contributed by atoms with E-state index in [9.17, 15) is 12.8 Å². The second kappa shape index (κ2) is 11.5. The van der Waals surface area contributed by atoms with Crippen LogP contribution in [0.1, 0.15) is 31.0 Å². The van der Waals surface area contributed by atoms with Gasteiger partial charge in [0.15, 0.2) is 0 Å². The van der Waals surface area contributed by atoms with E-state index in [2.05, 4.69) is 67.2 Å². The first-order valence-electron chi connectivity index (χ1n) is 12.0. The normalized spacial score (nSPS) is 11.8. The van der Waals surface area contributed by atoms with Crippen molar-refractivity contribution in [2.75, 3.05) is 18.3 Å². The molecule has 0 atom stereocenters. The molecule has 0 bridgehead atoms. The molecule has 0 saturated carbocycles. The average Bonchev–Trinajstić information content (AvgIpc) is 2.87. The van der Waals surface area contributed by atoms with Gasteiger partial charge < -0.3 is 0 Å². The van der Waals surface area contributed by atoms with Crippen LogP contribution in [-0.4, -0.2) is 26.7 Å². The number of pyridine rings is 1. The fraction of sp³-hybridized carbons (Fsp3) is 0.207. The van der Waals surface area contributed by atoms with Crippen LogP contribution in [0.3, 0.4) is 0 Å². The van der Waals surface area contributed by atoms with Crippen molar-refractivity contribution in [2.24, 2.45) is 0 Å². The van der Waals surface area contributed by atoms with Crippen LogP contribution >= 0.6 is 7.92 Å². The van der Waals surface area contributed by atoms with Gasteiger partial charge in [-0.05, 0) is 59.3 Å². The van der Waals surface area contributed by atoms with Crippen LogP contribution in [0.5, 0.6) is 0 Å². The summed E-state index contributed by atoms with van der Waals surface area (Å²) in [5.74, 6) is 0.237. The summed E-state index contributed by atoms with van der Waals surface area (Å²) in [6.07, 6.45) is 1.84. The molecule has 1 heterocycles. The SMILES string of the molecule is CC(C)c1nc(N(C)NS(C)(=O)=O)cc(-c2ccc(F)cc2)c1CP(c1ccccc1)c1ccccc1. The average molecular weight is 536 g/mol. The van der Waals surface area contributed by atoms with E-state index < -0.39 is 17.9 Å². The summed E-state index contributed by atoms with van der Waals surface area (Å²) in [5, 5.41) is 3.92. The van der Waals surface area contributed by atoms with E-state index in [1.807, 2.05) is 18.2 Å². The lowest BCUT2D eigenvalue weighted by atomic mass is 9.95. The molecule has 0 amide bonds. The molecule has 4 rings (SSSR count). The van der Waals surface area contributed by atoms with Crippen LogP contribution < -0.4 is 20.4 Å². The third-order valence-electron chi connectivity index (χ3n) is 5.94. The number of hydrazine groups is 1. The van der Waals surface area contributed by atoms with Crippen molar-refractivity contribution >= 4 is 34.4 Å². The fourth-order valence-electron chi connectivity index (χ4n) is 4.28. The Labute approximate surface area is 220 Å². The van der Waals surface area contributed by atoms with Crippen LogP contribution in [0.4, 0.5) is 10.2 Å². The molecule has 0 radical (unpaired) electrons. The van der Waals surface area contributed by atoms with E-state index in [0.29, 0.717) is 5.82 Å². The topological polar surface area (TPSA) is 62.3 Å². The lowest BCUT2D eigenvalue weighted by molar-refractivity contribution is 0.586. The number of nitrogens with zero attached hydrogens (tertiary/aromatic N) is 2. The number of nitrogens with one attached hydrogen (secondary N) is 1. The molecule has 8 heteroatoms. The minimum absolute atomic E-state index is 0.0733. The highest BCUT2D eigenvalue weighted by atomic mass is 32.2. The summed E-state index contributed by atoms with van der Waals surface area (Å²) in [6.45, 7) is 4.17. The Morgan fingerprint density at radius 1 is 0.919 bits per heavy atom. The number of hydrogen-bond donors (Lipinski definition) is 1. The third-order valence-corrected chi connectivity index (χ3v) is 9.02. The zero-order valence-electron chi connectivity index (χ0n) is 21.4. The molecule has 0 fully saturated rings. The summed E-state index contributed by atoms with van der Waals surface area (Å²) < 4.78 is 37.7. The van der Waals surface area contributed by atoms with Crippen molar-refractivity contribution in [3.63, 3.8) is 0 Å². The molecular weight excluding hydrogens is 504 g/mol. The second-order valence-corrected chi connectivity index (χ2v) is 13.2. The number of hydrogen-bond acceptors (Lipinski definition) is 4. The zero-order chi connectivity index (χ0) is 26.6. The van der Waals surface area contributed by atoms with Crippen LogP contribution in [0.25, 0.3) is 11.1 Å². The Balaban J connectivity index is 1.93. The summed E-state index contributed by atoms with van der Waals surface area (Å²) in [5.41, 5.74) is 3.73. The smallest absolute Gasteiger partial charge is 0.225 e. The molecule has 0 unspecified atom stereocenters. The molecule has 0 saturated heterocycles. The lowest BCUT2D eigenvalue weighted by Crippen LogP contribution is -2.39. The summed E-state index contributed by atoms with van der Waals surface area (Å²) in [6, 6.07) is 29.2. The largest absolute Gasteiger partial charge is 0.282 e. The minimum atomic E-state index is -3.50. The highest BCUT2D eigenvalue weighted by Crippen LogP contribution is 2.43. The lowest BCUT2D eigenvalue weighted by Gasteiger charge is -2.26. The number of anilines is 1. The third kappa shape index (κ3) is 6.80. The number of halogens is 1. The maximum absolute atomic E-state index is 13.9. The van der Waals surface area contributed by atoms with Crippen molar-refractivity contribution < 1.29 is 12.8 Å². The molecule has 0 spiro atoms. The van der Waals surface area contributed by atoms with Gasteiger partial charge in [0.1, 0.15) is 11.6 Å². The summed E-state index contributed by atoms with van der Waals surface area (Å²) in [4.78, 5) is 7.42. The maximum atomic E-state index is 13.9. The Hall–Kier alpha value is -3.12. The maximum Gasteiger partial charge on any atom is 0.225 e. The predicted octanol–water partition coefficient (Wildman–Crippen LogP) is 5.54. The van der Waals surface area contributed by atoms with Gasteiger partial charge in [0, 0.05) is 18.9 Å². The van der Waals surface area contributed by atoms with Gasteiger partial charge in [-0.2, -0.15) is 0 Å². The van der Waals surface area contributed by atoms with Gasteiger partial charge in [-0.15, -0.1) is 4.83 Å². The Morgan fingerprint density at radius 2 is 1.46 bits per heavy atom. The van der Waals surface area contributed by atoms with Gasteiger partial charge in [0.05, 0.1) is 6.26 Å². The van der Waals surface area contributed by atoms with Gasteiger partial charge in [0.25, 0.3) is 0 Å². The first kappa shape index (κ1) is 26.9. The second-order valence-electron chi connectivity index (χ2n) is 9.23. The van der Waals surface area contributed by atoms with Crippen molar-refractivity contribution in [3.05, 3.63) is 108 Å². The number of benzene rings is 3. The summed E-state index contributed by atoms with van der Waals surface area (Å²) in [7, 11) is -2.64. The van der Waals surface area contributed by atoms with Crippen molar-refractivity contribution in [1.29, 1.82) is 0 Å². The fourth-order valence-corrected chi connectivity index (χ4v) is 7.25. The van der Waals surface area contributed by atoms with Gasteiger partial charge in [-0.25, -0.2) is 17.8 Å². The van der Waals surface area contributed by atoms with Crippen LogP contribution in [-0.2, 0) is 16.2 Å². The predicted molar refractivity (Wildman–Crippen MR) is 153 cm³/mol. The zero-order valence-corrected chi connectivity index (χ0v) is 23.1. The molecule has 37 heavy (non-hydrogen) atoms. The highest BCUT2D eigenvalue weighted by Gasteiger charge is 2.24. The van der Waals surface area contributed by atoms with Crippen molar-refractivity contribution in [2.45, 2.75) is 25.9 Å². The van der Waals surface area contributed by atoms with E-state index >= 15 is 0 Å². The Morgan fingerprint density at radius 3 is 1.95 bits per heavy atom. The molecule has 0 aliphatic carbocycles. The molecule has 5 nitrogen and oxygen atoms in total. The van der Waals surface area contributed by atoms with Gasteiger partial charge in [0.2, 0.25) is 10.0 Å². The minimum Gasteiger partial charge on any atom is -0.282 e. The van der Waals surface area contributed by atoms with Crippen LogP contribution in [0, 0.1) is 5.82 Å². The number of sulfonamides is 1. The number of aromatic nitrogens is 1. The Kier molecular flexibility index (Phi) is 8.38. The number of rotatable bonds is 9. The van der Waals surface area contributed by atoms with Crippen molar-refractivity contribution in [1.82, 2.24) is 9.82 Å². The highest BCUT2D eigenvalue weighted by molar-refractivity contribution is 7.88. The van der Waals surface area contributed by atoms with E-state index in [0.717, 1.165) is 34.8 Å². The van der Waals surface area contributed by atoms with E-state index in [-0.39, 0.29) is 11.7 Å². The monoisotopic (exact) mass is 535 g/mol. The summed E-state index contributed by atoms with van der Waals surface area (Å²) >= 11 is 0. The van der Waals surface area contributed by atoms with E-state index in [1.54, 1.807) is 19.2 Å². The molecule has 0 aliphatic rings. The molecular formula is C29H31FN3O2PS. The van der Waals surface area contributed by atoms with E-state index in [4.69, 9.17) is 4.98 Å². The van der Waals surface area contributed by atoms with Gasteiger partial charge in [-0.1, -0.05) is 86.6 Å². The van der Waals surface area contributed by atoms with Gasteiger partial charge in [-0.3, -0.25) is 5.01 Å². The quantitative estimate of drug-likeness (QED) is 0.226. The van der Waals surface area contributed by atoms with Gasteiger partial charge >= 0.3 is 0 Å². The molecule has 192 valence electrons. The van der Waals surface area contributed by atoms with Crippen LogP contribution in [0.2, 0.25) is 0 Å². The molecule has 1 aromatic heterocycles. The van der Waals surface area contributed by atoms with Crippen LogP contribution in [0.15, 0.2) is 91.0 Å². The molecule has 0 aliphatic heterocycles. The Bertz CT molecular complexity index is 1410. The first-order chi connectivity index (χ1) is 17.6. The molecule has 4 aromatic rings.